The lowest BCUT2D eigenvalue weighted by atomic mass is 10.2. The van der Waals surface area contributed by atoms with Gasteiger partial charge < -0.3 is 4.74 Å². The minimum Gasteiger partial charge on any atom is -0.450 e. The first-order chi connectivity index (χ1) is 7.81. The molecule has 2 aliphatic rings. The summed E-state index contributed by atoms with van der Waals surface area (Å²) in [5.74, 6) is 0. The average Bonchev–Trinajstić information content (AvgIpc) is 2.83. The molecule has 0 aromatic carbocycles. The molecule has 90 valence electrons. The quantitative estimate of drug-likeness (QED) is 0.633. The summed E-state index contributed by atoms with van der Waals surface area (Å²) in [7, 11) is 0. The molecule has 2 fully saturated rings. The van der Waals surface area contributed by atoms with Gasteiger partial charge in [-0.2, -0.15) is 0 Å². The highest BCUT2D eigenvalue weighted by molar-refractivity contribution is 5.81. The zero-order valence-electron chi connectivity index (χ0n) is 10.1. The predicted molar refractivity (Wildman–Crippen MR) is 62.1 cm³/mol. The topological polar surface area (TPSA) is 32.5 Å². The number of ether oxygens (including phenoxy) is 1. The maximum absolute atomic E-state index is 11.5. The molecule has 1 saturated carbocycles. The van der Waals surface area contributed by atoms with Crippen LogP contribution in [-0.4, -0.2) is 54.1 Å². The second kappa shape index (κ2) is 5.32. The predicted octanol–water partition coefficient (Wildman–Crippen LogP) is 1.49. The SMILES string of the molecule is CCOC(=O)N1CC[N+](=C2CCCC2)CC1. The van der Waals surface area contributed by atoms with Crippen LogP contribution in [0.2, 0.25) is 0 Å². The summed E-state index contributed by atoms with van der Waals surface area (Å²) in [6, 6.07) is 0. The van der Waals surface area contributed by atoms with E-state index in [0.29, 0.717) is 6.61 Å². The van der Waals surface area contributed by atoms with E-state index in [1.165, 1.54) is 25.7 Å². The lowest BCUT2D eigenvalue weighted by Gasteiger charge is -2.25. The molecule has 0 atom stereocenters. The van der Waals surface area contributed by atoms with Crippen LogP contribution in [0.3, 0.4) is 0 Å². The van der Waals surface area contributed by atoms with E-state index in [0.717, 1.165) is 26.2 Å². The lowest BCUT2D eigenvalue weighted by molar-refractivity contribution is -0.539. The van der Waals surface area contributed by atoms with Gasteiger partial charge in [0, 0.05) is 12.8 Å². The number of piperazine rings is 1. The summed E-state index contributed by atoms with van der Waals surface area (Å²) in [5, 5.41) is 0. The number of rotatable bonds is 1. The Morgan fingerprint density at radius 1 is 1.31 bits per heavy atom. The molecule has 0 spiro atoms. The van der Waals surface area contributed by atoms with Gasteiger partial charge >= 0.3 is 6.09 Å². The van der Waals surface area contributed by atoms with Gasteiger partial charge in [0.25, 0.3) is 0 Å². The second-order valence-electron chi connectivity index (χ2n) is 4.45. The van der Waals surface area contributed by atoms with Crippen LogP contribution in [0.15, 0.2) is 0 Å². The Balaban J connectivity index is 1.86. The lowest BCUT2D eigenvalue weighted by Crippen LogP contribution is -2.46. The van der Waals surface area contributed by atoms with Crippen molar-refractivity contribution in [1.29, 1.82) is 0 Å². The van der Waals surface area contributed by atoms with Crippen LogP contribution in [0.4, 0.5) is 4.79 Å². The van der Waals surface area contributed by atoms with Crippen LogP contribution in [0.5, 0.6) is 0 Å². The number of carbonyl (C=O) groups excluding carboxylic acids is 1. The van der Waals surface area contributed by atoms with Crippen LogP contribution in [0, 0.1) is 0 Å². The monoisotopic (exact) mass is 225 g/mol. The molecule has 1 amide bonds. The van der Waals surface area contributed by atoms with Crippen molar-refractivity contribution in [2.24, 2.45) is 0 Å². The van der Waals surface area contributed by atoms with Crippen molar-refractivity contribution >= 4 is 11.8 Å². The van der Waals surface area contributed by atoms with Gasteiger partial charge in [0.2, 0.25) is 0 Å². The van der Waals surface area contributed by atoms with Crippen molar-refractivity contribution < 1.29 is 14.1 Å². The van der Waals surface area contributed by atoms with Crippen LogP contribution in [0.25, 0.3) is 0 Å². The Kier molecular flexibility index (Phi) is 3.80. The molecule has 4 heteroatoms. The van der Waals surface area contributed by atoms with Crippen molar-refractivity contribution in [1.82, 2.24) is 4.90 Å². The van der Waals surface area contributed by atoms with E-state index in [1.54, 1.807) is 5.71 Å². The first-order valence-corrected chi connectivity index (χ1v) is 6.32. The molecule has 2 rings (SSSR count). The first-order valence-electron chi connectivity index (χ1n) is 6.32. The van der Waals surface area contributed by atoms with Gasteiger partial charge in [0.05, 0.1) is 19.7 Å². The maximum atomic E-state index is 11.5. The maximum Gasteiger partial charge on any atom is 0.410 e. The van der Waals surface area contributed by atoms with Crippen molar-refractivity contribution in [3.05, 3.63) is 0 Å². The number of hydrogen-bond acceptors (Lipinski definition) is 2. The minimum atomic E-state index is -0.154. The van der Waals surface area contributed by atoms with E-state index < -0.39 is 0 Å². The largest absolute Gasteiger partial charge is 0.450 e. The molecule has 16 heavy (non-hydrogen) atoms. The Hall–Kier alpha value is -1.06. The van der Waals surface area contributed by atoms with Crippen molar-refractivity contribution in [2.45, 2.75) is 32.6 Å². The van der Waals surface area contributed by atoms with Crippen molar-refractivity contribution in [3.63, 3.8) is 0 Å². The van der Waals surface area contributed by atoms with Gasteiger partial charge in [-0.1, -0.05) is 0 Å². The normalized spacial score (nSPS) is 21.4. The third-order valence-electron chi connectivity index (χ3n) is 3.43. The molecule has 1 saturated heterocycles. The highest BCUT2D eigenvalue weighted by atomic mass is 16.6. The molecule has 0 radical (unpaired) electrons. The number of hydrogen-bond donors (Lipinski definition) is 0. The molecule has 0 bridgehead atoms. The summed E-state index contributed by atoms with van der Waals surface area (Å²) in [6.45, 7) is 5.89. The highest BCUT2D eigenvalue weighted by Crippen LogP contribution is 2.15. The van der Waals surface area contributed by atoms with Gasteiger partial charge in [-0.05, 0) is 19.8 Å². The molecule has 4 nitrogen and oxygen atoms in total. The third kappa shape index (κ3) is 2.54. The summed E-state index contributed by atoms with van der Waals surface area (Å²) in [5.41, 5.74) is 1.60. The van der Waals surface area contributed by atoms with Crippen LogP contribution < -0.4 is 0 Å². The van der Waals surface area contributed by atoms with Gasteiger partial charge in [0.1, 0.15) is 0 Å². The Bertz CT molecular complexity index is 281. The molecular weight excluding hydrogens is 204 g/mol. The average molecular weight is 225 g/mol. The second-order valence-corrected chi connectivity index (χ2v) is 4.45. The number of nitrogens with zero attached hydrogens (tertiary/aromatic N) is 2. The fourth-order valence-corrected chi connectivity index (χ4v) is 2.52. The van der Waals surface area contributed by atoms with Crippen molar-refractivity contribution in [2.75, 3.05) is 32.8 Å². The van der Waals surface area contributed by atoms with Crippen molar-refractivity contribution in [3.8, 4) is 0 Å². The van der Waals surface area contributed by atoms with Gasteiger partial charge in [0.15, 0.2) is 18.8 Å². The minimum absolute atomic E-state index is 0.154. The van der Waals surface area contributed by atoms with Crippen LogP contribution >= 0.6 is 0 Å². The molecule has 1 heterocycles. The van der Waals surface area contributed by atoms with E-state index in [1.807, 2.05) is 11.8 Å². The molecule has 1 aliphatic heterocycles. The summed E-state index contributed by atoms with van der Waals surface area (Å²) < 4.78 is 7.46. The first kappa shape index (κ1) is 11.4. The summed E-state index contributed by atoms with van der Waals surface area (Å²) in [6.07, 6.45) is 5.05. The molecule has 1 aliphatic carbocycles. The smallest absolute Gasteiger partial charge is 0.410 e. The zero-order valence-corrected chi connectivity index (χ0v) is 10.1. The van der Waals surface area contributed by atoms with E-state index in [4.69, 9.17) is 4.74 Å². The van der Waals surface area contributed by atoms with E-state index in [2.05, 4.69) is 4.58 Å². The van der Waals surface area contributed by atoms with Crippen LogP contribution in [-0.2, 0) is 4.74 Å². The Labute approximate surface area is 96.9 Å². The molecule has 0 aromatic rings. The van der Waals surface area contributed by atoms with Crippen LogP contribution in [0.1, 0.15) is 32.6 Å². The Morgan fingerprint density at radius 3 is 2.50 bits per heavy atom. The van der Waals surface area contributed by atoms with E-state index in [9.17, 15) is 4.79 Å². The molecular formula is C12H21N2O2+. The third-order valence-corrected chi connectivity index (χ3v) is 3.43. The Morgan fingerprint density at radius 2 is 1.94 bits per heavy atom. The standard InChI is InChI=1S/C12H21N2O2/c1-2-16-12(15)14-9-7-13(8-10-14)11-5-3-4-6-11/h2-10H2,1H3/q+1. The highest BCUT2D eigenvalue weighted by Gasteiger charge is 2.27. The summed E-state index contributed by atoms with van der Waals surface area (Å²) in [4.78, 5) is 13.3. The number of amides is 1. The zero-order chi connectivity index (χ0) is 11.4. The fourth-order valence-electron chi connectivity index (χ4n) is 2.52. The molecule has 0 unspecified atom stereocenters. The molecule has 0 aromatic heterocycles. The van der Waals surface area contributed by atoms with E-state index >= 15 is 0 Å². The van der Waals surface area contributed by atoms with Gasteiger partial charge in [-0.25, -0.2) is 9.37 Å². The number of carbonyl (C=O) groups is 1. The molecule has 0 N–H and O–H groups in total. The van der Waals surface area contributed by atoms with E-state index in [-0.39, 0.29) is 6.09 Å². The summed E-state index contributed by atoms with van der Waals surface area (Å²) >= 11 is 0. The van der Waals surface area contributed by atoms with Gasteiger partial charge in [-0.3, -0.25) is 4.90 Å². The fraction of sp³-hybridized carbons (Fsp3) is 0.833. The van der Waals surface area contributed by atoms with Gasteiger partial charge in [-0.15, -0.1) is 0 Å².